The maximum Gasteiger partial charge on any atom is 0.411 e. The van der Waals surface area contributed by atoms with Crippen molar-refractivity contribution in [3.63, 3.8) is 0 Å². The molecule has 2 aliphatic rings. The van der Waals surface area contributed by atoms with Crippen LogP contribution in [0.2, 0.25) is 0 Å². The normalized spacial score (nSPS) is 28.9. The number of likely N-dealkylation sites (tertiary alicyclic amines) is 1. The van der Waals surface area contributed by atoms with Crippen molar-refractivity contribution < 1.29 is 33.3 Å². The zero-order valence-electron chi connectivity index (χ0n) is 19.9. The Morgan fingerprint density at radius 2 is 1.53 bits per heavy atom. The third kappa shape index (κ3) is 5.46. The molecule has 0 N–H and O–H groups in total. The summed E-state index contributed by atoms with van der Waals surface area (Å²) in [5, 5.41) is 0. The molecule has 2 fully saturated rings. The zero-order valence-corrected chi connectivity index (χ0v) is 19.9. The van der Waals surface area contributed by atoms with E-state index in [-0.39, 0.29) is 11.6 Å². The predicted molar refractivity (Wildman–Crippen MR) is 111 cm³/mol. The summed E-state index contributed by atoms with van der Waals surface area (Å²) in [4.78, 5) is 27.9. The summed E-state index contributed by atoms with van der Waals surface area (Å²) in [6.07, 6.45) is 0.408. The van der Waals surface area contributed by atoms with Crippen LogP contribution in [-0.4, -0.2) is 65.4 Å². The Balaban J connectivity index is 2.53. The molecule has 30 heavy (non-hydrogen) atoms. The molecular formula is C22H37NO7. The molecule has 8 nitrogen and oxygen atoms in total. The SMILES string of the molecule is CC[C@@H]1[C@H]2OC(C)(C)O[C@H]2[C@H](/C(=C/OC)C(=O)OC(C)(C)C)N1C(=O)OC(C)(C)C. The first-order valence-corrected chi connectivity index (χ1v) is 10.4. The van der Waals surface area contributed by atoms with Gasteiger partial charge in [0.25, 0.3) is 0 Å². The van der Waals surface area contributed by atoms with E-state index >= 15 is 0 Å². The number of hydrogen-bond acceptors (Lipinski definition) is 7. The van der Waals surface area contributed by atoms with Crippen LogP contribution in [0.5, 0.6) is 0 Å². The second-order valence-electron chi connectivity index (χ2n) is 10.2. The van der Waals surface area contributed by atoms with Crippen molar-refractivity contribution in [2.45, 2.75) is 110 Å². The lowest BCUT2D eigenvalue weighted by Crippen LogP contribution is -2.50. The molecule has 0 saturated carbocycles. The van der Waals surface area contributed by atoms with Gasteiger partial charge in [0.1, 0.15) is 23.4 Å². The fraction of sp³-hybridized carbons (Fsp3) is 0.818. The summed E-state index contributed by atoms with van der Waals surface area (Å²) in [5.74, 6) is -1.42. The number of ether oxygens (including phenoxy) is 5. The molecule has 2 rings (SSSR count). The lowest BCUT2D eigenvalue weighted by Gasteiger charge is -2.36. The molecule has 0 aromatic rings. The van der Waals surface area contributed by atoms with Gasteiger partial charge in [-0.25, -0.2) is 9.59 Å². The number of rotatable bonds is 4. The molecule has 0 aromatic carbocycles. The van der Waals surface area contributed by atoms with E-state index in [1.807, 2.05) is 20.8 Å². The Hall–Kier alpha value is -1.80. The highest BCUT2D eigenvalue weighted by Crippen LogP contribution is 2.44. The van der Waals surface area contributed by atoms with Crippen molar-refractivity contribution in [1.82, 2.24) is 4.90 Å². The van der Waals surface area contributed by atoms with E-state index in [4.69, 9.17) is 23.7 Å². The standard InChI is InChI=1S/C22H37NO7/c1-11-14-16-17(28-22(8,9)27-16)15(23(14)19(25)30-21(5,6)7)13(12-26-10)18(24)29-20(2,3)4/h12,14-17H,11H2,1-10H3/b13-12-/t14-,15+,16-,17+/m1/s1. The summed E-state index contributed by atoms with van der Waals surface area (Å²) in [6, 6.07) is -1.11. The quantitative estimate of drug-likeness (QED) is 0.383. The fourth-order valence-electron chi connectivity index (χ4n) is 3.90. The topological polar surface area (TPSA) is 83.5 Å². The lowest BCUT2D eigenvalue weighted by molar-refractivity contribution is -0.167. The van der Waals surface area contributed by atoms with Gasteiger partial charge in [0, 0.05) is 0 Å². The second kappa shape index (κ2) is 8.38. The molecule has 0 unspecified atom stereocenters. The molecule has 4 atom stereocenters. The Kier molecular flexibility index (Phi) is 6.84. The average molecular weight is 428 g/mol. The van der Waals surface area contributed by atoms with Crippen LogP contribution in [0.1, 0.15) is 68.7 Å². The van der Waals surface area contributed by atoms with Gasteiger partial charge in [-0.15, -0.1) is 0 Å². The number of carbonyl (C=O) groups is 2. The van der Waals surface area contributed by atoms with Gasteiger partial charge in [-0.05, 0) is 61.8 Å². The van der Waals surface area contributed by atoms with E-state index in [9.17, 15) is 9.59 Å². The summed E-state index contributed by atoms with van der Waals surface area (Å²) < 4.78 is 28.8. The van der Waals surface area contributed by atoms with Gasteiger partial charge >= 0.3 is 12.1 Å². The molecule has 2 aliphatic heterocycles. The van der Waals surface area contributed by atoms with E-state index in [1.54, 1.807) is 46.4 Å². The first kappa shape index (κ1) is 24.5. The van der Waals surface area contributed by atoms with Crippen LogP contribution in [-0.2, 0) is 28.5 Å². The van der Waals surface area contributed by atoms with Crippen LogP contribution >= 0.6 is 0 Å². The van der Waals surface area contributed by atoms with Crippen LogP contribution in [0.4, 0.5) is 4.79 Å². The third-order valence-electron chi connectivity index (χ3n) is 4.73. The molecular weight excluding hydrogens is 390 g/mol. The average Bonchev–Trinajstić information content (AvgIpc) is 2.99. The maximum atomic E-state index is 13.2. The van der Waals surface area contributed by atoms with Gasteiger partial charge in [-0.2, -0.15) is 0 Å². The van der Waals surface area contributed by atoms with Crippen molar-refractivity contribution in [3.05, 3.63) is 11.8 Å². The Morgan fingerprint density at radius 1 is 1.00 bits per heavy atom. The summed E-state index contributed by atoms with van der Waals surface area (Å²) >= 11 is 0. The van der Waals surface area contributed by atoms with Gasteiger partial charge in [0.2, 0.25) is 0 Å². The second-order valence-corrected chi connectivity index (χ2v) is 10.2. The van der Waals surface area contributed by atoms with Gasteiger partial charge in [-0.3, -0.25) is 4.90 Å². The number of hydrogen-bond donors (Lipinski definition) is 0. The fourth-order valence-corrected chi connectivity index (χ4v) is 3.90. The molecule has 0 radical (unpaired) electrons. The molecule has 2 heterocycles. The number of carbonyl (C=O) groups excluding carboxylic acids is 2. The van der Waals surface area contributed by atoms with Crippen LogP contribution in [0, 0.1) is 0 Å². The molecule has 2 saturated heterocycles. The lowest BCUT2D eigenvalue weighted by atomic mass is 10.0. The number of fused-ring (bicyclic) bond motifs is 1. The zero-order chi connectivity index (χ0) is 23.1. The smallest absolute Gasteiger partial charge is 0.411 e. The van der Waals surface area contributed by atoms with Gasteiger partial charge in [-0.1, -0.05) is 6.92 Å². The van der Waals surface area contributed by atoms with Crippen LogP contribution < -0.4 is 0 Å². The minimum Gasteiger partial charge on any atom is -0.504 e. The highest BCUT2D eigenvalue weighted by molar-refractivity contribution is 5.91. The molecule has 0 aliphatic carbocycles. The maximum absolute atomic E-state index is 13.2. The van der Waals surface area contributed by atoms with E-state index in [0.717, 1.165) is 0 Å². The van der Waals surface area contributed by atoms with Crippen molar-refractivity contribution in [2.24, 2.45) is 0 Å². The van der Waals surface area contributed by atoms with Crippen molar-refractivity contribution in [3.8, 4) is 0 Å². The number of esters is 1. The van der Waals surface area contributed by atoms with Gasteiger partial charge in [0.05, 0.1) is 31.0 Å². The van der Waals surface area contributed by atoms with Crippen molar-refractivity contribution >= 4 is 12.1 Å². The minimum atomic E-state index is -0.840. The van der Waals surface area contributed by atoms with Crippen LogP contribution in [0.15, 0.2) is 11.8 Å². The molecule has 0 spiro atoms. The molecule has 1 amide bonds. The highest BCUT2D eigenvalue weighted by Gasteiger charge is 2.61. The largest absolute Gasteiger partial charge is 0.504 e. The number of nitrogens with zero attached hydrogens (tertiary/aromatic N) is 1. The predicted octanol–water partition coefficient (Wildman–Crippen LogP) is 3.78. The molecule has 0 aromatic heterocycles. The Bertz CT molecular complexity index is 687. The molecule has 172 valence electrons. The first-order valence-electron chi connectivity index (χ1n) is 10.4. The summed E-state index contributed by atoms with van der Waals surface area (Å²) in [6.45, 7) is 16.3. The summed E-state index contributed by atoms with van der Waals surface area (Å²) in [7, 11) is 1.45. The van der Waals surface area contributed by atoms with E-state index in [0.29, 0.717) is 6.42 Å². The van der Waals surface area contributed by atoms with E-state index in [2.05, 4.69) is 0 Å². The van der Waals surface area contributed by atoms with Crippen LogP contribution in [0.25, 0.3) is 0 Å². The van der Waals surface area contributed by atoms with E-state index < -0.39 is 47.3 Å². The van der Waals surface area contributed by atoms with Gasteiger partial charge < -0.3 is 23.7 Å². The molecule has 8 heteroatoms. The Morgan fingerprint density at radius 3 is 2.00 bits per heavy atom. The number of methoxy groups -OCH3 is 1. The highest BCUT2D eigenvalue weighted by atomic mass is 16.8. The van der Waals surface area contributed by atoms with Gasteiger partial charge in [0.15, 0.2) is 5.79 Å². The minimum absolute atomic E-state index is 0.186. The van der Waals surface area contributed by atoms with Crippen molar-refractivity contribution in [2.75, 3.05) is 7.11 Å². The molecule has 0 bridgehead atoms. The van der Waals surface area contributed by atoms with Crippen LogP contribution in [0.3, 0.4) is 0 Å². The number of amides is 1. The Labute approximate surface area is 179 Å². The van der Waals surface area contributed by atoms with Crippen molar-refractivity contribution in [1.29, 1.82) is 0 Å². The first-order chi connectivity index (χ1) is 13.6. The van der Waals surface area contributed by atoms with E-state index in [1.165, 1.54) is 13.4 Å². The third-order valence-corrected chi connectivity index (χ3v) is 4.73. The monoisotopic (exact) mass is 427 g/mol. The summed E-state index contributed by atoms with van der Waals surface area (Å²) in [5.41, 5.74) is -1.23.